The van der Waals surface area contributed by atoms with Crippen LogP contribution >= 0.6 is 11.3 Å². The Balaban J connectivity index is 1.77. The molecule has 0 unspecified atom stereocenters. The number of sulfonamides is 1. The van der Waals surface area contributed by atoms with Gasteiger partial charge < -0.3 is 4.74 Å². The van der Waals surface area contributed by atoms with E-state index in [1.165, 1.54) is 19.2 Å². The summed E-state index contributed by atoms with van der Waals surface area (Å²) in [4.78, 5) is 4.66. The van der Waals surface area contributed by atoms with Crippen molar-refractivity contribution in [1.82, 2.24) is 9.71 Å². The number of nitrogens with zero attached hydrogens (tertiary/aromatic N) is 1. The number of hydrogen-bond acceptors (Lipinski definition) is 5. The van der Waals surface area contributed by atoms with Crippen LogP contribution in [-0.4, -0.2) is 20.4 Å². The van der Waals surface area contributed by atoms with Gasteiger partial charge in [0.05, 0.1) is 15.1 Å². The van der Waals surface area contributed by atoms with Gasteiger partial charge in [-0.15, -0.1) is 11.3 Å². The van der Waals surface area contributed by atoms with Gasteiger partial charge in [-0.1, -0.05) is 18.2 Å². The molecule has 0 aliphatic heterocycles. The summed E-state index contributed by atoms with van der Waals surface area (Å²) in [6.07, 6.45) is 0. The van der Waals surface area contributed by atoms with E-state index in [2.05, 4.69) is 9.71 Å². The van der Waals surface area contributed by atoms with Crippen molar-refractivity contribution >= 4 is 31.6 Å². The molecule has 2 aromatic carbocycles. The van der Waals surface area contributed by atoms with Crippen molar-refractivity contribution in [1.29, 1.82) is 0 Å². The summed E-state index contributed by atoms with van der Waals surface area (Å²) >= 11 is 1.56. The topological polar surface area (TPSA) is 68.3 Å². The molecule has 0 aliphatic carbocycles. The Morgan fingerprint density at radius 3 is 2.77 bits per heavy atom. The van der Waals surface area contributed by atoms with E-state index in [0.29, 0.717) is 12.4 Å². The molecule has 22 heavy (non-hydrogen) atoms. The largest absolute Gasteiger partial charge is 0.486 e. The molecule has 1 aromatic heterocycles. The molecule has 3 rings (SSSR count). The molecule has 7 heteroatoms. The Bertz CT molecular complexity index is 871. The third-order valence-corrected chi connectivity index (χ3v) is 5.51. The van der Waals surface area contributed by atoms with E-state index in [-0.39, 0.29) is 4.90 Å². The number of rotatable bonds is 5. The molecule has 0 spiro atoms. The van der Waals surface area contributed by atoms with E-state index in [9.17, 15) is 8.42 Å². The van der Waals surface area contributed by atoms with Crippen LogP contribution in [0.4, 0.5) is 0 Å². The van der Waals surface area contributed by atoms with Gasteiger partial charge in [0.25, 0.3) is 0 Å². The first kappa shape index (κ1) is 15.0. The van der Waals surface area contributed by atoms with Gasteiger partial charge in [-0.05, 0) is 31.3 Å². The molecule has 0 amide bonds. The van der Waals surface area contributed by atoms with Crippen LogP contribution in [0.5, 0.6) is 5.75 Å². The third kappa shape index (κ3) is 3.11. The maximum absolute atomic E-state index is 11.8. The van der Waals surface area contributed by atoms with Crippen LogP contribution in [-0.2, 0) is 16.6 Å². The van der Waals surface area contributed by atoms with Crippen molar-refractivity contribution in [2.45, 2.75) is 11.5 Å². The van der Waals surface area contributed by atoms with Crippen molar-refractivity contribution in [3.63, 3.8) is 0 Å². The molecule has 5 nitrogen and oxygen atoms in total. The zero-order valence-electron chi connectivity index (χ0n) is 11.8. The standard InChI is InChI=1S/C15H14N2O3S2/c1-16-22(18,19)12-6-4-5-11(9-12)20-10-15-17-13-7-2-3-8-14(13)21-15/h2-9,16H,10H2,1H3. The van der Waals surface area contributed by atoms with Crippen molar-refractivity contribution < 1.29 is 13.2 Å². The van der Waals surface area contributed by atoms with E-state index < -0.39 is 10.0 Å². The van der Waals surface area contributed by atoms with Crippen LogP contribution in [0.15, 0.2) is 53.4 Å². The van der Waals surface area contributed by atoms with Crippen LogP contribution in [0.2, 0.25) is 0 Å². The Labute approximate surface area is 132 Å². The normalized spacial score (nSPS) is 11.7. The molecular weight excluding hydrogens is 320 g/mol. The fourth-order valence-corrected chi connectivity index (χ4v) is 3.62. The molecule has 0 radical (unpaired) electrons. The number of ether oxygens (including phenoxy) is 1. The van der Waals surface area contributed by atoms with Gasteiger partial charge in [0.15, 0.2) is 0 Å². The smallest absolute Gasteiger partial charge is 0.240 e. The first-order valence-electron chi connectivity index (χ1n) is 6.59. The number of thiazole rings is 1. The molecule has 0 saturated carbocycles. The maximum Gasteiger partial charge on any atom is 0.240 e. The highest BCUT2D eigenvalue weighted by Crippen LogP contribution is 2.23. The number of hydrogen-bond donors (Lipinski definition) is 1. The van der Waals surface area contributed by atoms with Crippen LogP contribution in [0.1, 0.15) is 5.01 Å². The zero-order valence-corrected chi connectivity index (χ0v) is 13.4. The van der Waals surface area contributed by atoms with Gasteiger partial charge in [-0.25, -0.2) is 18.1 Å². The molecule has 0 fully saturated rings. The van der Waals surface area contributed by atoms with E-state index in [4.69, 9.17) is 4.74 Å². The minimum Gasteiger partial charge on any atom is -0.486 e. The van der Waals surface area contributed by atoms with E-state index in [0.717, 1.165) is 15.2 Å². The molecule has 3 aromatic rings. The summed E-state index contributed by atoms with van der Waals surface area (Å²) in [5.41, 5.74) is 0.942. The van der Waals surface area contributed by atoms with Gasteiger partial charge in [-0.2, -0.15) is 0 Å². The number of para-hydroxylation sites is 1. The quantitative estimate of drug-likeness (QED) is 0.779. The molecule has 0 atom stereocenters. The Morgan fingerprint density at radius 2 is 2.00 bits per heavy atom. The molecule has 0 aliphatic rings. The van der Waals surface area contributed by atoms with E-state index >= 15 is 0 Å². The van der Waals surface area contributed by atoms with Crippen molar-refractivity contribution in [3.8, 4) is 5.75 Å². The third-order valence-electron chi connectivity index (χ3n) is 3.09. The fourth-order valence-electron chi connectivity index (χ4n) is 1.98. The van der Waals surface area contributed by atoms with Crippen molar-refractivity contribution in [3.05, 3.63) is 53.5 Å². The highest BCUT2D eigenvalue weighted by atomic mass is 32.2. The van der Waals surface area contributed by atoms with Gasteiger partial charge in [0, 0.05) is 6.07 Å². The minimum absolute atomic E-state index is 0.178. The van der Waals surface area contributed by atoms with Crippen LogP contribution in [0.25, 0.3) is 10.2 Å². The second-order valence-electron chi connectivity index (χ2n) is 4.55. The van der Waals surface area contributed by atoms with Gasteiger partial charge in [0.1, 0.15) is 17.4 Å². The average molecular weight is 334 g/mol. The lowest BCUT2D eigenvalue weighted by Gasteiger charge is -2.06. The minimum atomic E-state index is -3.47. The van der Waals surface area contributed by atoms with Gasteiger partial charge >= 0.3 is 0 Å². The molecular formula is C15H14N2O3S2. The van der Waals surface area contributed by atoms with E-state index in [1.807, 2.05) is 24.3 Å². The Morgan fingerprint density at radius 1 is 1.18 bits per heavy atom. The summed E-state index contributed by atoms with van der Waals surface area (Å²) in [5, 5.41) is 0.850. The first-order chi connectivity index (χ1) is 10.6. The van der Waals surface area contributed by atoms with Crippen LogP contribution in [0, 0.1) is 0 Å². The zero-order chi connectivity index (χ0) is 15.6. The maximum atomic E-state index is 11.8. The average Bonchev–Trinajstić information content (AvgIpc) is 2.96. The predicted molar refractivity (Wildman–Crippen MR) is 86.6 cm³/mol. The van der Waals surface area contributed by atoms with Crippen molar-refractivity contribution in [2.75, 3.05) is 7.05 Å². The molecule has 0 bridgehead atoms. The summed E-state index contributed by atoms with van der Waals surface area (Å²) < 4.78 is 32.6. The van der Waals surface area contributed by atoms with E-state index in [1.54, 1.807) is 23.5 Å². The SMILES string of the molecule is CNS(=O)(=O)c1cccc(OCc2nc3ccccc3s2)c1. The molecule has 0 saturated heterocycles. The monoisotopic (exact) mass is 334 g/mol. The van der Waals surface area contributed by atoms with Gasteiger partial charge in [-0.3, -0.25) is 0 Å². The Hall–Kier alpha value is -1.96. The number of nitrogens with one attached hydrogen (secondary N) is 1. The summed E-state index contributed by atoms with van der Waals surface area (Å²) in [6, 6.07) is 14.3. The lowest BCUT2D eigenvalue weighted by Crippen LogP contribution is -2.18. The molecule has 1 heterocycles. The first-order valence-corrected chi connectivity index (χ1v) is 8.89. The van der Waals surface area contributed by atoms with Crippen molar-refractivity contribution in [2.24, 2.45) is 0 Å². The lowest BCUT2D eigenvalue weighted by molar-refractivity contribution is 0.305. The highest BCUT2D eigenvalue weighted by molar-refractivity contribution is 7.89. The predicted octanol–water partition coefficient (Wildman–Crippen LogP) is 2.78. The second kappa shape index (κ2) is 6.04. The van der Waals surface area contributed by atoms with Crippen LogP contribution in [0.3, 0.4) is 0 Å². The fraction of sp³-hybridized carbons (Fsp3) is 0.133. The van der Waals surface area contributed by atoms with Crippen LogP contribution < -0.4 is 9.46 Å². The highest BCUT2D eigenvalue weighted by Gasteiger charge is 2.12. The summed E-state index contributed by atoms with van der Waals surface area (Å²) in [6.45, 7) is 0.308. The lowest BCUT2D eigenvalue weighted by atomic mass is 10.3. The number of aromatic nitrogens is 1. The Kier molecular flexibility index (Phi) is 4.10. The number of fused-ring (bicyclic) bond motifs is 1. The summed E-state index contributed by atoms with van der Waals surface area (Å²) in [7, 11) is -2.09. The van der Waals surface area contributed by atoms with Gasteiger partial charge in [0.2, 0.25) is 10.0 Å². The summed E-state index contributed by atoms with van der Waals surface area (Å²) in [5.74, 6) is 0.496. The second-order valence-corrected chi connectivity index (χ2v) is 7.55. The number of benzene rings is 2. The molecule has 1 N–H and O–H groups in total. The molecule has 114 valence electrons.